The summed E-state index contributed by atoms with van der Waals surface area (Å²) >= 11 is 0. The molecule has 1 aromatic rings. The number of aliphatic hydroxyl groups excluding tert-OH is 1. The van der Waals surface area contributed by atoms with Gasteiger partial charge in [0.1, 0.15) is 0 Å². The molecule has 1 aromatic heterocycles. The SMILES string of the molecule is Cc1ccc(CN[C@H](C)CO)cn1. The molecule has 0 bridgehead atoms. The third-order valence-electron chi connectivity index (χ3n) is 1.90. The van der Waals surface area contributed by atoms with Crippen LogP contribution in [0.15, 0.2) is 18.3 Å². The fourth-order valence-corrected chi connectivity index (χ4v) is 0.960. The molecule has 0 aliphatic carbocycles. The van der Waals surface area contributed by atoms with Gasteiger partial charge in [0, 0.05) is 24.5 Å². The van der Waals surface area contributed by atoms with Crippen LogP contribution in [0.4, 0.5) is 0 Å². The largest absolute Gasteiger partial charge is 0.395 e. The van der Waals surface area contributed by atoms with Crippen molar-refractivity contribution < 1.29 is 5.11 Å². The summed E-state index contributed by atoms with van der Waals surface area (Å²) in [6.07, 6.45) is 1.85. The zero-order valence-electron chi connectivity index (χ0n) is 8.12. The minimum atomic E-state index is 0.140. The third kappa shape index (κ3) is 3.53. The minimum Gasteiger partial charge on any atom is -0.395 e. The molecule has 2 N–H and O–H groups in total. The Hall–Kier alpha value is -0.930. The first-order valence-electron chi connectivity index (χ1n) is 4.48. The lowest BCUT2D eigenvalue weighted by atomic mass is 10.2. The number of hydrogen-bond donors (Lipinski definition) is 2. The number of pyridine rings is 1. The van der Waals surface area contributed by atoms with Crippen molar-refractivity contribution in [2.45, 2.75) is 26.4 Å². The van der Waals surface area contributed by atoms with Gasteiger partial charge in [-0.3, -0.25) is 4.98 Å². The third-order valence-corrected chi connectivity index (χ3v) is 1.90. The number of rotatable bonds is 4. The van der Waals surface area contributed by atoms with E-state index in [2.05, 4.69) is 10.3 Å². The number of hydrogen-bond acceptors (Lipinski definition) is 3. The summed E-state index contributed by atoms with van der Waals surface area (Å²) in [6.45, 7) is 4.84. The molecule has 0 aliphatic heterocycles. The number of aromatic nitrogens is 1. The van der Waals surface area contributed by atoms with Gasteiger partial charge >= 0.3 is 0 Å². The molecule has 72 valence electrons. The molecule has 13 heavy (non-hydrogen) atoms. The maximum atomic E-state index is 8.78. The molecule has 3 heteroatoms. The topological polar surface area (TPSA) is 45.1 Å². The second-order valence-electron chi connectivity index (χ2n) is 3.27. The number of nitrogens with zero attached hydrogens (tertiary/aromatic N) is 1. The molecule has 0 amide bonds. The Morgan fingerprint density at radius 3 is 2.85 bits per heavy atom. The molecule has 0 radical (unpaired) electrons. The summed E-state index contributed by atoms with van der Waals surface area (Å²) in [5, 5.41) is 12.0. The van der Waals surface area contributed by atoms with E-state index in [0.717, 1.165) is 17.8 Å². The monoisotopic (exact) mass is 180 g/mol. The van der Waals surface area contributed by atoms with Crippen LogP contribution in [0.25, 0.3) is 0 Å². The van der Waals surface area contributed by atoms with Crippen LogP contribution in [0.5, 0.6) is 0 Å². The molecule has 0 fully saturated rings. The maximum Gasteiger partial charge on any atom is 0.0582 e. The number of nitrogens with one attached hydrogen (secondary N) is 1. The van der Waals surface area contributed by atoms with Crippen LogP contribution in [0, 0.1) is 6.92 Å². The summed E-state index contributed by atoms with van der Waals surface area (Å²) in [6, 6.07) is 4.17. The number of aliphatic hydroxyl groups is 1. The van der Waals surface area contributed by atoms with Gasteiger partial charge in [-0.2, -0.15) is 0 Å². The number of aryl methyl sites for hydroxylation is 1. The van der Waals surface area contributed by atoms with Gasteiger partial charge in [0.2, 0.25) is 0 Å². The second-order valence-corrected chi connectivity index (χ2v) is 3.27. The zero-order chi connectivity index (χ0) is 9.68. The fourth-order valence-electron chi connectivity index (χ4n) is 0.960. The molecular weight excluding hydrogens is 164 g/mol. The molecule has 0 saturated heterocycles. The minimum absolute atomic E-state index is 0.140. The molecular formula is C10H16N2O. The van der Waals surface area contributed by atoms with E-state index in [9.17, 15) is 0 Å². The fraction of sp³-hybridized carbons (Fsp3) is 0.500. The smallest absolute Gasteiger partial charge is 0.0582 e. The van der Waals surface area contributed by atoms with Crippen molar-refractivity contribution in [3.8, 4) is 0 Å². The highest BCUT2D eigenvalue weighted by molar-refractivity contribution is 5.12. The van der Waals surface area contributed by atoms with Crippen molar-refractivity contribution in [2.75, 3.05) is 6.61 Å². The van der Waals surface area contributed by atoms with Crippen molar-refractivity contribution in [2.24, 2.45) is 0 Å². The van der Waals surface area contributed by atoms with Crippen LogP contribution in [0.3, 0.4) is 0 Å². The van der Waals surface area contributed by atoms with E-state index in [-0.39, 0.29) is 12.6 Å². The predicted octanol–water partition coefficient (Wildman–Crippen LogP) is 0.860. The molecule has 3 nitrogen and oxygen atoms in total. The van der Waals surface area contributed by atoms with Gasteiger partial charge in [-0.25, -0.2) is 0 Å². The molecule has 0 spiro atoms. The lowest BCUT2D eigenvalue weighted by Gasteiger charge is -2.09. The molecule has 1 atom stereocenters. The lowest BCUT2D eigenvalue weighted by Crippen LogP contribution is -2.28. The van der Waals surface area contributed by atoms with E-state index in [0.29, 0.717) is 0 Å². The molecule has 0 unspecified atom stereocenters. The van der Waals surface area contributed by atoms with Crippen LogP contribution in [0.1, 0.15) is 18.2 Å². The van der Waals surface area contributed by atoms with Gasteiger partial charge in [-0.1, -0.05) is 6.07 Å². The van der Waals surface area contributed by atoms with Crippen molar-refractivity contribution in [1.82, 2.24) is 10.3 Å². The van der Waals surface area contributed by atoms with E-state index >= 15 is 0 Å². The average Bonchev–Trinajstić information content (AvgIpc) is 2.16. The lowest BCUT2D eigenvalue weighted by molar-refractivity contribution is 0.251. The molecule has 0 saturated carbocycles. The van der Waals surface area contributed by atoms with Gasteiger partial charge in [0.25, 0.3) is 0 Å². The maximum absolute atomic E-state index is 8.78. The van der Waals surface area contributed by atoms with E-state index in [4.69, 9.17) is 5.11 Å². The predicted molar refractivity (Wildman–Crippen MR) is 52.4 cm³/mol. The highest BCUT2D eigenvalue weighted by Crippen LogP contribution is 1.98. The molecule has 0 aliphatic rings. The standard InChI is InChI=1S/C10H16N2O/c1-8-3-4-10(5-11-8)6-12-9(2)7-13/h3-5,9,12-13H,6-7H2,1-2H3/t9-/m1/s1. The summed E-state index contributed by atoms with van der Waals surface area (Å²) in [4.78, 5) is 4.18. The van der Waals surface area contributed by atoms with Gasteiger partial charge in [0.05, 0.1) is 6.61 Å². The highest BCUT2D eigenvalue weighted by Gasteiger charge is 1.98. The Morgan fingerprint density at radius 1 is 1.54 bits per heavy atom. The summed E-state index contributed by atoms with van der Waals surface area (Å²) < 4.78 is 0. The van der Waals surface area contributed by atoms with Crippen LogP contribution in [-0.4, -0.2) is 22.7 Å². The molecule has 1 rings (SSSR count). The van der Waals surface area contributed by atoms with E-state index in [1.54, 1.807) is 0 Å². The highest BCUT2D eigenvalue weighted by atomic mass is 16.3. The Bertz CT molecular complexity index is 246. The Labute approximate surface area is 78.8 Å². The normalized spacial score (nSPS) is 12.8. The first-order valence-corrected chi connectivity index (χ1v) is 4.48. The van der Waals surface area contributed by atoms with Gasteiger partial charge in [-0.05, 0) is 25.5 Å². The average molecular weight is 180 g/mol. The van der Waals surface area contributed by atoms with Crippen molar-refractivity contribution in [3.05, 3.63) is 29.6 Å². The molecule has 0 aromatic carbocycles. The Kier molecular flexibility index (Phi) is 3.86. The summed E-state index contributed by atoms with van der Waals surface area (Å²) in [5.74, 6) is 0. The Morgan fingerprint density at radius 2 is 2.31 bits per heavy atom. The summed E-state index contributed by atoms with van der Waals surface area (Å²) in [7, 11) is 0. The van der Waals surface area contributed by atoms with E-state index in [1.165, 1.54) is 0 Å². The van der Waals surface area contributed by atoms with Crippen LogP contribution < -0.4 is 5.32 Å². The van der Waals surface area contributed by atoms with Crippen LogP contribution in [0.2, 0.25) is 0 Å². The van der Waals surface area contributed by atoms with E-state index < -0.39 is 0 Å². The van der Waals surface area contributed by atoms with Crippen molar-refractivity contribution >= 4 is 0 Å². The Balaban J connectivity index is 2.41. The van der Waals surface area contributed by atoms with Crippen molar-refractivity contribution in [1.29, 1.82) is 0 Å². The van der Waals surface area contributed by atoms with Crippen LogP contribution in [-0.2, 0) is 6.54 Å². The van der Waals surface area contributed by atoms with Gasteiger partial charge in [-0.15, -0.1) is 0 Å². The van der Waals surface area contributed by atoms with Gasteiger partial charge in [0.15, 0.2) is 0 Å². The van der Waals surface area contributed by atoms with Crippen molar-refractivity contribution in [3.63, 3.8) is 0 Å². The first-order chi connectivity index (χ1) is 6.22. The zero-order valence-corrected chi connectivity index (χ0v) is 8.12. The van der Waals surface area contributed by atoms with Gasteiger partial charge < -0.3 is 10.4 Å². The second kappa shape index (κ2) is 4.94. The first kappa shape index (κ1) is 10.2. The van der Waals surface area contributed by atoms with Crippen LogP contribution >= 0.6 is 0 Å². The molecule has 1 heterocycles. The van der Waals surface area contributed by atoms with E-state index in [1.807, 2.05) is 32.2 Å². The summed E-state index contributed by atoms with van der Waals surface area (Å²) in [5.41, 5.74) is 2.17. The quantitative estimate of drug-likeness (QED) is 0.722.